The van der Waals surface area contributed by atoms with Gasteiger partial charge >= 0.3 is 0 Å². The summed E-state index contributed by atoms with van der Waals surface area (Å²) in [6, 6.07) is 8.19. The van der Waals surface area contributed by atoms with E-state index in [9.17, 15) is 0 Å². The summed E-state index contributed by atoms with van der Waals surface area (Å²) in [7, 11) is 1.92. The minimum atomic E-state index is 0.245. The predicted molar refractivity (Wildman–Crippen MR) is 75.0 cm³/mol. The number of halogens is 1. The van der Waals surface area contributed by atoms with E-state index < -0.39 is 0 Å². The Kier molecular flexibility index (Phi) is 4.25. The second-order valence-corrected chi connectivity index (χ2v) is 5.84. The average molecular weight is 312 g/mol. The Morgan fingerprint density at radius 3 is 2.82 bits per heavy atom. The third kappa shape index (κ3) is 3.12. The summed E-state index contributed by atoms with van der Waals surface area (Å²) >= 11 is 5.31. The molecule has 3 nitrogen and oxygen atoms in total. The van der Waals surface area contributed by atoms with E-state index in [4.69, 9.17) is 5.73 Å². The zero-order chi connectivity index (χ0) is 12.3. The van der Waals surface area contributed by atoms with Crippen LogP contribution in [0.15, 0.2) is 46.0 Å². The molecule has 0 bridgehead atoms. The van der Waals surface area contributed by atoms with Gasteiger partial charge in [0.05, 0.1) is 6.20 Å². The van der Waals surface area contributed by atoms with Crippen LogP contribution >= 0.6 is 27.7 Å². The fraction of sp³-hybridized carbons (Fsp3) is 0.250. The first-order valence-electron chi connectivity index (χ1n) is 5.30. The van der Waals surface area contributed by atoms with E-state index in [1.807, 2.05) is 37.6 Å². The minimum absolute atomic E-state index is 0.245. The molecule has 2 N–H and O–H groups in total. The van der Waals surface area contributed by atoms with Crippen molar-refractivity contribution in [3.05, 3.63) is 46.7 Å². The molecule has 0 aliphatic rings. The Morgan fingerprint density at radius 1 is 1.47 bits per heavy atom. The number of aromatic nitrogens is 2. The first-order chi connectivity index (χ1) is 8.20. The van der Waals surface area contributed by atoms with Crippen molar-refractivity contribution in [2.75, 3.05) is 6.54 Å². The number of benzene rings is 1. The van der Waals surface area contributed by atoms with Crippen LogP contribution in [0, 0.1) is 0 Å². The first kappa shape index (κ1) is 12.7. The Labute approximate surface area is 114 Å². The van der Waals surface area contributed by atoms with Gasteiger partial charge in [0.2, 0.25) is 0 Å². The normalized spacial score (nSPS) is 12.6. The molecule has 0 saturated carbocycles. The smallest absolute Gasteiger partial charge is 0.0626 e. The summed E-state index contributed by atoms with van der Waals surface area (Å²) in [5.74, 6) is 0. The Morgan fingerprint density at radius 2 is 2.24 bits per heavy atom. The molecule has 0 saturated heterocycles. The van der Waals surface area contributed by atoms with E-state index in [1.54, 1.807) is 16.4 Å². The maximum Gasteiger partial charge on any atom is 0.0626 e. The zero-order valence-corrected chi connectivity index (χ0v) is 11.9. The van der Waals surface area contributed by atoms with Gasteiger partial charge < -0.3 is 5.73 Å². The molecule has 1 heterocycles. The van der Waals surface area contributed by atoms with Crippen LogP contribution in [-0.4, -0.2) is 16.3 Å². The van der Waals surface area contributed by atoms with Gasteiger partial charge in [0.1, 0.15) is 0 Å². The van der Waals surface area contributed by atoms with Gasteiger partial charge in [-0.15, -0.1) is 11.8 Å². The quantitative estimate of drug-likeness (QED) is 0.883. The lowest BCUT2D eigenvalue weighted by molar-refractivity contribution is 0.766. The van der Waals surface area contributed by atoms with Gasteiger partial charge in [-0.25, -0.2) is 0 Å². The van der Waals surface area contributed by atoms with Crippen molar-refractivity contribution in [3.8, 4) is 0 Å². The van der Waals surface area contributed by atoms with Crippen molar-refractivity contribution in [2.45, 2.75) is 10.1 Å². The van der Waals surface area contributed by atoms with Crippen LogP contribution in [0.5, 0.6) is 0 Å². The maximum atomic E-state index is 5.86. The molecule has 5 heteroatoms. The van der Waals surface area contributed by atoms with Crippen molar-refractivity contribution >= 4 is 27.7 Å². The number of hydrogen-bond donors (Lipinski definition) is 1. The highest BCUT2D eigenvalue weighted by Crippen LogP contribution is 2.37. The van der Waals surface area contributed by atoms with Gasteiger partial charge in [0.15, 0.2) is 0 Å². The van der Waals surface area contributed by atoms with E-state index in [2.05, 4.69) is 27.1 Å². The molecule has 1 atom stereocenters. The highest BCUT2D eigenvalue weighted by atomic mass is 79.9. The van der Waals surface area contributed by atoms with Gasteiger partial charge in [0.25, 0.3) is 0 Å². The average Bonchev–Trinajstić information content (AvgIpc) is 2.73. The van der Waals surface area contributed by atoms with E-state index in [0.29, 0.717) is 6.54 Å². The summed E-state index contributed by atoms with van der Waals surface area (Å²) in [6.45, 7) is 0.599. The Balaban J connectivity index is 2.20. The molecule has 0 fully saturated rings. The van der Waals surface area contributed by atoms with Crippen LogP contribution in [-0.2, 0) is 7.05 Å². The zero-order valence-electron chi connectivity index (χ0n) is 9.51. The molecular weight excluding hydrogens is 298 g/mol. The van der Waals surface area contributed by atoms with Crippen molar-refractivity contribution in [1.82, 2.24) is 9.78 Å². The maximum absolute atomic E-state index is 5.86. The van der Waals surface area contributed by atoms with Gasteiger partial charge in [-0.1, -0.05) is 34.1 Å². The molecule has 0 amide bonds. The first-order valence-corrected chi connectivity index (χ1v) is 6.97. The second kappa shape index (κ2) is 5.71. The lowest BCUT2D eigenvalue weighted by atomic mass is 10.1. The molecule has 17 heavy (non-hydrogen) atoms. The summed E-state index contributed by atoms with van der Waals surface area (Å²) in [6.07, 6.45) is 3.87. The molecule has 0 radical (unpaired) electrons. The largest absolute Gasteiger partial charge is 0.329 e. The van der Waals surface area contributed by atoms with Crippen LogP contribution in [0.4, 0.5) is 0 Å². The van der Waals surface area contributed by atoms with E-state index in [1.165, 1.54) is 5.56 Å². The molecule has 2 rings (SSSR count). The summed E-state index contributed by atoms with van der Waals surface area (Å²) in [4.78, 5) is 1.14. The van der Waals surface area contributed by atoms with Crippen molar-refractivity contribution in [3.63, 3.8) is 0 Å². The van der Waals surface area contributed by atoms with Crippen LogP contribution in [0.1, 0.15) is 10.8 Å². The summed E-state index contributed by atoms with van der Waals surface area (Å²) in [5, 5.41) is 4.41. The molecule has 0 aliphatic carbocycles. The van der Waals surface area contributed by atoms with Crippen LogP contribution in [0.25, 0.3) is 0 Å². The van der Waals surface area contributed by atoms with E-state index in [-0.39, 0.29) is 5.25 Å². The lowest BCUT2D eigenvalue weighted by Gasteiger charge is -2.15. The number of rotatable bonds is 4. The summed E-state index contributed by atoms with van der Waals surface area (Å²) < 4.78 is 2.91. The number of hydrogen-bond acceptors (Lipinski definition) is 3. The molecule has 90 valence electrons. The monoisotopic (exact) mass is 311 g/mol. The van der Waals surface area contributed by atoms with Gasteiger partial charge in [-0.3, -0.25) is 4.68 Å². The fourth-order valence-electron chi connectivity index (χ4n) is 1.60. The van der Waals surface area contributed by atoms with Crippen LogP contribution in [0.3, 0.4) is 0 Å². The van der Waals surface area contributed by atoms with Crippen molar-refractivity contribution in [2.24, 2.45) is 12.8 Å². The van der Waals surface area contributed by atoms with E-state index >= 15 is 0 Å². The Hall–Kier alpha value is -0.780. The third-order valence-corrected chi connectivity index (χ3v) is 4.36. The highest BCUT2D eigenvalue weighted by Gasteiger charge is 2.14. The predicted octanol–water partition coefficient (Wildman–Crippen LogP) is 2.97. The molecule has 0 aliphatic heterocycles. The standard InChI is InChI=1S/C12H14BrN3S/c1-16-8-9(7-15-16)17-12(6-14)10-4-2-3-5-11(10)13/h2-5,7-8,12H,6,14H2,1H3. The van der Waals surface area contributed by atoms with Gasteiger partial charge in [-0.2, -0.15) is 5.10 Å². The van der Waals surface area contributed by atoms with Crippen LogP contribution in [0.2, 0.25) is 0 Å². The van der Waals surface area contributed by atoms with Gasteiger partial charge in [0, 0.05) is 34.4 Å². The topological polar surface area (TPSA) is 43.8 Å². The highest BCUT2D eigenvalue weighted by molar-refractivity contribution is 9.10. The second-order valence-electron chi connectivity index (χ2n) is 3.71. The number of nitrogens with two attached hydrogens (primary N) is 1. The number of aryl methyl sites for hydroxylation is 1. The molecule has 1 unspecified atom stereocenters. The molecular formula is C12H14BrN3S. The number of thioether (sulfide) groups is 1. The van der Waals surface area contributed by atoms with Crippen LogP contribution < -0.4 is 5.73 Å². The van der Waals surface area contributed by atoms with Crippen molar-refractivity contribution < 1.29 is 0 Å². The molecule has 0 spiro atoms. The molecule has 1 aromatic carbocycles. The lowest BCUT2D eigenvalue weighted by Crippen LogP contribution is -2.09. The third-order valence-electron chi connectivity index (χ3n) is 2.43. The molecule has 1 aromatic heterocycles. The van der Waals surface area contributed by atoms with Crippen molar-refractivity contribution in [1.29, 1.82) is 0 Å². The fourth-order valence-corrected chi connectivity index (χ4v) is 3.39. The SMILES string of the molecule is Cn1cc(SC(CN)c2ccccc2Br)cn1. The van der Waals surface area contributed by atoms with E-state index in [0.717, 1.165) is 9.37 Å². The number of nitrogens with zero attached hydrogens (tertiary/aromatic N) is 2. The van der Waals surface area contributed by atoms with Gasteiger partial charge in [-0.05, 0) is 11.6 Å². The Bertz CT molecular complexity index is 498. The summed E-state index contributed by atoms with van der Waals surface area (Å²) in [5.41, 5.74) is 7.09. The minimum Gasteiger partial charge on any atom is -0.329 e. The molecule has 2 aromatic rings.